The fourth-order valence-corrected chi connectivity index (χ4v) is 6.52. The zero-order chi connectivity index (χ0) is 25.5. The maximum Gasteiger partial charge on any atom is 0.340 e. The Morgan fingerprint density at radius 3 is 1.55 bits per heavy atom. The molecule has 0 aliphatic rings. The molecule has 0 fully saturated rings. The van der Waals surface area contributed by atoms with Crippen molar-refractivity contribution in [2.45, 2.75) is 26.3 Å². The van der Waals surface area contributed by atoms with Crippen LogP contribution in [0.3, 0.4) is 0 Å². The monoisotopic (exact) mass is 802 g/mol. The second-order valence-corrected chi connectivity index (χ2v) is 9.91. The van der Waals surface area contributed by atoms with E-state index in [1.165, 1.54) is 7.11 Å². The summed E-state index contributed by atoms with van der Waals surface area (Å²) in [5, 5.41) is 2.64. The van der Waals surface area contributed by atoms with Gasteiger partial charge in [-0.2, -0.15) is 0 Å². The van der Waals surface area contributed by atoms with Crippen LogP contribution in [0.1, 0.15) is 41.5 Å². The maximum atomic E-state index is 13.4. The molecule has 0 unspecified atom stereocenters. The molecule has 1 aromatic rings. The third-order valence-electron chi connectivity index (χ3n) is 4.00. The molecule has 11 nitrogen and oxygen atoms in total. The number of carbonyl (C=O) groups is 5. The van der Waals surface area contributed by atoms with Crippen molar-refractivity contribution < 1.29 is 42.9 Å². The van der Waals surface area contributed by atoms with Crippen LogP contribution in [-0.4, -0.2) is 62.3 Å². The number of esters is 4. The molecule has 0 aromatic heterocycles. The van der Waals surface area contributed by atoms with Crippen molar-refractivity contribution in [3.05, 3.63) is 21.8 Å². The number of nitrogens with one attached hydrogen (secondary N) is 1. The summed E-state index contributed by atoms with van der Waals surface area (Å²) in [4.78, 5) is 60.1. The first kappa shape index (κ1) is 29.6. The summed E-state index contributed by atoms with van der Waals surface area (Å²) in [5.41, 5.74) is 4.85. The highest BCUT2D eigenvalue weighted by Gasteiger charge is 2.39. The van der Waals surface area contributed by atoms with Crippen LogP contribution in [0.2, 0.25) is 0 Å². The smallest absolute Gasteiger partial charge is 0.340 e. The number of rotatable bonds is 9. The third kappa shape index (κ3) is 8.08. The van der Waals surface area contributed by atoms with Gasteiger partial charge in [-0.3, -0.25) is 19.2 Å². The molecule has 0 spiro atoms. The molecule has 0 heterocycles. The summed E-state index contributed by atoms with van der Waals surface area (Å²) >= 11 is 5.58. The lowest BCUT2D eigenvalue weighted by Crippen LogP contribution is -2.59. The van der Waals surface area contributed by atoms with Crippen LogP contribution in [-0.2, 0) is 33.3 Å². The number of amides is 1. The van der Waals surface area contributed by atoms with Crippen molar-refractivity contribution in [1.29, 1.82) is 0 Å². The second-order valence-electron chi connectivity index (χ2n) is 6.67. The molecule has 0 bridgehead atoms. The Hall–Kier alpha value is -1.44. The van der Waals surface area contributed by atoms with Crippen LogP contribution in [0.15, 0.2) is 0 Å². The summed E-state index contributed by atoms with van der Waals surface area (Å²) in [7, 11) is 1.20. The van der Waals surface area contributed by atoms with Gasteiger partial charge >= 0.3 is 23.9 Å². The molecule has 0 aliphatic heterocycles. The molecule has 182 valence electrons. The van der Waals surface area contributed by atoms with Gasteiger partial charge in [0.2, 0.25) is 0 Å². The van der Waals surface area contributed by atoms with Crippen LogP contribution in [0.25, 0.3) is 0 Å². The largest absolute Gasteiger partial charge is 0.465 e. The Bertz CT molecular complexity index is 936. The Morgan fingerprint density at radius 1 is 0.788 bits per heavy atom. The predicted octanol–water partition coefficient (Wildman–Crippen LogP) is 2.03. The quantitative estimate of drug-likeness (QED) is 0.164. The Morgan fingerprint density at radius 2 is 1.18 bits per heavy atom. The molecule has 14 heteroatoms. The van der Waals surface area contributed by atoms with Crippen molar-refractivity contribution in [3.8, 4) is 0 Å². The zero-order valence-corrected chi connectivity index (χ0v) is 24.5. The van der Waals surface area contributed by atoms with Crippen LogP contribution >= 0.6 is 67.8 Å². The number of hydrogen-bond donors (Lipinski definition) is 2. The van der Waals surface area contributed by atoms with Crippen LogP contribution < -0.4 is 11.1 Å². The van der Waals surface area contributed by atoms with Gasteiger partial charge in [-0.05, 0) is 67.8 Å². The average Bonchev–Trinajstić information content (AvgIpc) is 2.72. The average molecular weight is 802 g/mol. The van der Waals surface area contributed by atoms with Gasteiger partial charge in [0.1, 0.15) is 25.4 Å². The fraction of sp³-hybridized carbons (Fsp3) is 0.421. The molecule has 0 aliphatic carbocycles. The van der Waals surface area contributed by atoms with Gasteiger partial charge in [0, 0.05) is 24.3 Å². The lowest BCUT2D eigenvalue weighted by atomic mass is 10.0. The predicted molar refractivity (Wildman–Crippen MR) is 140 cm³/mol. The summed E-state index contributed by atoms with van der Waals surface area (Å²) in [6, 6.07) is 0. The lowest BCUT2D eigenvalue weighted by Gasteiger charge is -2.33. The van der Waals surface area contributed by atoms with Crippen molar-refractivity contribution in [1.82, 2.24) is 5.32 Å². The minimum Gasteiger partial charge on any atom is -0.465 e. The van der Waals surface area contributed by atoms with Gasteiger partial charge in [0.05, 0.1) is 31.1 Å². The normalized spacial score (nSPS) is 10.8. The number of carbonyl (C=O) groups excluding carboxylic acids is 5. The molecule has 0 atom stereocenters. The maximum absolute atomic E-state index is 13.4. The topological polar surface area (TPSA) is 160 Å². The van der Waals surface area contributed by atoms with E-state index < -0.39 is 55.1 Å². The second kappa shape index (κ2) is 12.9. The van der Waals surface area contributed by atoms with Gasteiger partial charge in [0.15, 0.2) is 0 Å². The highest BCUT2D eigenvalue weighted by atomic mass is 127. The summed E-state index contributed by atoms with van der Waals surface area (Å²) in [5.74, 6) is -3.43. The van der Waals surface area contributed by atoms with E-state index in [2.05, 4.69) is 5.32 Å². The van der Waals surface area contributed by atoms with Gasteiger partial charge in [-0.25, -0.2) is 4.79 Å². The van der Waals surface area contributed by atoms with E-state index in [4.69, 9.17) is 24.7 Å². The standard InChI is InChI=1S/C19H21I3N2O9/c1-8(25)31-5-19(6-32-9(2)26,7-33-10(3)27)24-17(28)11-13(20)12(18(29)30-4)15(22)16(23)14(11)21/h5-7,23H2,1-4H3,(H,24,28). The van der Waals surface area contributed by atoms with Crippen LogP contribution in [0.4, 0.5) is 5.69 Å². The molecule has 1 aromatic carbocycles. The van der Waals surface area contributed by atoms with E-state index >= 15 is 0 Å². The number of benzene rings is 1. The molecular weight excluding hydrogens is 781 g/mol. The van der Waals surface area contributed by atoms with Crippen molar-refractivity contribution in [3.63, 3.8) is 0 Å². The highest BCUT2D eigenvalue weighted by molar-refractivity contribution is 14.1. The number of ether oxygens (including phenoxy) is 4. The van der Waals surface area contributed by atoms with E-state index in [1.807, 2.05) is 67.8 Å². The minimum atomic E-state index is -1.62. The van der Waals surface area contributed by atoms with E-state index in [9.17, 15) is 24.0 Å². The first-order valence-corrected chi connectivity index (χ1v) is 12.3. The number of hydrogen-bond acceptors (Lipinski definition) is 10. The van der Waals surface area contributed by atoms with Crippen LogP contribution in [0, 0.1) is 10.7 Å². The van der Waals surface area contributed by atoms with Gasteiger partial charge in [0.25, 0.3) is 5.91 Å². The molecule has 3 N–H and O–H groups in total. The number of halogens is 3. The number of nitrogens with two attached hydrogens (primary N) is 1. The van der Waals surface area contributed by atoms with E-state index in [0.29, 0.717) is 7.14 Å². The Balaban J connectivity index is 3.58. The van der Waals surface area contributed by atoms with Crippen LogP contribution in [0.5, 0.6) is 0 Å². The molecular formula is C19H21I3N2O9. The summed E-state index contributed by atoms with van der Waals surface area (Å²) in [6.45, 7) is 2.05. The highest BCUT2D eigenvalue weighted by Crippen LogP contribution is 2.34. The SMILES string of the molecule is COC(=O)c1c(I)c(N)c(I)c(C(=O)NC(COC(C)=O)(COC(C)=O)COC(C)=O)c1I. The molecule has 1 rings (SSSR count). The summed E-state index contributed by atoms with van der Waals surface area (Å²) in [6.07, 6.45) is 0. The van der Waals surface area contributed by atoms with Crippen molar-refractivity contribution in [2.75, 3.05) is 32.7 Å². The van der Waals surface area contributed by atoms with E-state index in [1.54, 1.807) is 0 Å². The Kier molecular flexibility index (Phi) is 11.5. The summed E-state index contributed by atoms with van der Waals surface area (Å²) < 4.78 is 21.0. The van der Waals surface area contributed by atoms with Crippen molar-refractivity contribution >= 4 is 103 Å². The fourth-order valence-electron chi connectivity index (χ4n) is 2.42. The molecule has 33 heavy (non-hydrogen) atoms. The first-order valence-electron chi connectivity index (χ1n) is 9.03. The number of nitrogen functional groups attached to an aromatic ring is 1. The lowest BCUT2D eigenvalue weighted by molar-refractivity contribution is -0.153. The molecule has 1 amide bonds. The van der Waals surface area contributed by atoms with E-state index in [-0.39, 0.29) is 20.4 Å². The number of anilines is 1. The molecule has 0 saturated carbocycles. The molecule has 0 radical (unpaired) electrons. The Labute approximate surface area is 230 Å². The zero-order valence-electron chi connectivity index (χ0n) is 18.0. The minimum absolute atomic E-state index is 0.0485. The molecule has 0 saturated heterocycles. The number of methoxy groups -OCH3 is 1. The van der Waals surface area contributed by atoms with E-state index in [0.717, 1.165) is 20.8 Å². The van der Waals surface area contributed by atoms with Gasteiger partial charge in [-0.15, -0.1) is 0 Å². The van der Waals surface area contributed by atoms with Gasteiger partial charge in [-0.1, -0.05) is 0 Å². The van der Waals surface area contributed by atoms with Gasteiger partial charge < -0.3 is 30.0 Å². The first-order chi connectivity index (χ1) is 15.3. The van der Waals surface area contributed by atoms with Crippen molar-refractivity contribution in [2.24, 2.45) is 0 Å². The third-order valence-corrected chi connectivity index (χ3v) is 7.32.